The van der Waals surface area contributed by atoms with Crippen molar-refractivity contribution in [1.29, 1.82) is 0 Å². The molecule has 17 nitrogen and oxygen atoms in total. The average Bonchev–Trinajstić information content (AvgIpc) is 0.931. The molecule has 0 aliphatic heterocycles. The molecule has 7 atom stereocenters. The zero-order chi connectivity index (χ0) is 73.8. The van der Waals surface area contributed by atoms with Gasteiger partial charge in [0.25, 0.3) is 0 Å². The van der Waals surface area contributed by atoms with Crippen LogP contribution in [0.4, 0.5) is 0 Å². The first kappa shape index (κ1) is 98.1. The van der Waals surface area contributed by atoms with Crippen LogP contribution in [-0.2, 0) is 65.4 Å². The molecule has 0 radical (unpaired) electrons. The van der Waals surface area contributed by atoms with Crippen molar-refractivity contribution in [3.8, 4) is 0 Å². The number of phosphoric acid groups is 2. The van der Waals surface area contributed by atoms with Crippen molar-refractivity contribution in [2.75, 3.05) is 39.6 Å². The molecule has 0 aromatic rings. The van der Waals surface area contributed by atoms with Crippen LogP contribution in [-0.4, -0.2) is 96.7 Å². The molecule has 0 aromatic carbocycles. The number of carbonyl (C=O) groups is 4. The fourth-order valence-electron chi connectivity index (χ4n) is 12.4. The van der Waals surface area contributed by atoms with Crippen molar-refractivity contribution < 1.29 is 80.2 Å². The Morgan fingerprint density at radius 3 is 0.710 bits per heavy atom. The van der Waals surface area contributed by atoms with Gasteiger partial charge in [-0.3, -0.25) is 37.3 Å². The number of unbranched alkanes of at least 4 members (excludes halogenated alkanes) is 42. The summed E-state index contributed by atoms with van der Waals surface area (Å²) in [5, 5.41) is 10.6. The monoisotopic (exact) mass is 1470 g/mol. The molecule has 19 heteroatoms. The summed E-state index contributed by atoms with van der Waals surface area (Å²) in [7, 11) is -9.92. The molecule has 0 rings (SSSR count). The molecule has 3 N–H and O–H groups in total. The summed E-state index contributed by atoms with van der Waals surface area (Å²) in [6, 6.07) is 0. The van der Waals surface area contributed by atoms with E-state index in [-0.39, 0.29) is 25.7 Å². The van der Waals surface area contributed by atoms with Crippen molar-refractivity contribution in [3.05, 3.63) is 0 Å². The van der Waals surface area contributed by atoms with Crippen LogP contribution in [0.2, 0.25) is 0 Å². The molecule has 100 heavy (non-hydrogen) atoms. The van der Waals surface area contributed by atoms with Gasteiger partial charge in [0.1, 0.15) is 19.3 Å². The average molecular weight is 1470 g/mol. The molecule has 0 fully saturated rings. The number of esters is 4. The van der Waals surface area contributed by atoms with Crippen LogP contribution in [0.1, 0.15) is 415 Å². The maximum atomic E-state index is 13.1. The van der Waals surface area contributed by atoms with E-state index in [0.717, 1.165) is 114 Å². The van der Waals surface area contributed by atoms with Crippen LogP contribution >= 0.6 is 15.6 Å². The fraction of sp³-hybridized carbons (Fsp3) is 0.951. The number of aliphatic hydroxyl groups is 1. The first-order valence-electron chi connectivity index (χ1n) is 41.8. The van der Waals surface area contributed by atoms with Gasteiger partial charge in [0, 0.05) is 25.7 Å². The van der Waals surface area contributed by atoms with Crippen molar-refractivity contribution >= 4 is 39.5 Å². The van der Waals surface area contributed by atoms with E-state index in [1.54, 1.807) is 0 Å². The van der Waals surface area contributed by atoms with Crippen LogP contribution in [0.5, 0.6) is 0 Å². The van der Waals surface area contributed by atoms with E-state index in [1.807, 2.05) is 0 Å². The standard InChI is InChI=1S/C81H158O17P2/c1-9-73(7)59-51-43-35-28-24-20-15-13-11-12-14-16-21-25-29-36-45-53-61-78(83)91-67-76(97-80(85)63-55-47-38-30-26-22-18-17-19-23-27-33-41-49-57-71(3)4)69-95-99(87,88)93-65-75(82)66-94-100(89,90)96-70-77(98-81(86)64-56-48-40-39-44-52-60-74(8)10-2)68-92-79(84)62-54-46-37-32-31-34-42-50-58-72(5)6/h71-77,82H,9-70H2,1-8H3,(H,87,88)(H,89,90)/t73?,74?,75?,76-,77-/m1/s1. The first-order chi connectivity index (χ1) is 48.2. The Hall–Kier alpha value is -1.94. The lowest BCUT2D eigenvalue weighted by molar-refractivity contribution is -0.161. The van der Waals surface area contributed by atoms with Gasteiger partial charge < -0.3 is 33.8 Å². The Morgan fingerprint density at radius 2 is 0.480 bits per heavy atom. The summed E-state index contributed by atoms with van der Waals surface area (Å²) < 4.78 is 68.6. The predicted octanol–water partition coefficient (Wildman–Crippen LogP) is 24.0. The van der Waals surface area contributed by atoms with Crippen LogP contribution in [0, 0.1) is 23.7 Å². The number of aliphatic hydroxyl groups excluding tert-OH is 1. The van der Waals surface area contributed by atoms with Crippen molar-refractivity contribution in [2.45, 2.75) is 433 Å². The van der Waals surface area contributed by atoms with Gasteiger partial charge >= 0.3 is 39.5 Å². The topological polar surface area (TPSA) is 237 Å². The predicted molar refractivity (Wildman–Crippen MR) is 409 cm³/mol. The Kier molecular flexibility index (Phi) is 68.7. The molecule has 0 heterocycles. The Balaban J connectivity index is 5.19. The highest BCUT2D eigenvalue weighted by molar-refractivity contribution is 7.47. The smallest absolute Gasteiger partial charge is 0.462 e. The van der Waals surface area contributed by atoms with Gasteiger partial charge in [0.2, 0.25) is 0 Å². The van der Waals surface area contributed by atoms with Crippen molar-refractivity contribution in [1.82, 2.24) is 0 Å². The molecule has 0 spiro atoms. The Bertz CT molecular complexity index is 1960. The number of hydrogen-bond donors (Lipinski definition) is 3. The molecule has 0 bridgehead atoms. The minimum Gasteiger partial charge on any atom is -0.462 e. The Labute approximate surface area is 613 Å². The number of ether oxygens (including phenoxy) is 4. The quantitative estimate of drug-likeness (QED) is 0.0222. The van der Waals surface area contributed by atoms with Crippen molar-refractivity contribution in [2.24, 2.45) is 23.7 Å². The zero-order valence-electron chi connectivity index (χ0n) is 65.8. The summed E-state index contributed by atoms with van der Waals surface area (Å²) >= 11 is 0. The van der Waals surface area contributed by atoms with Crippen molar-refractivity contribution in [3.63, 3.8) is 0 Å². The SMILES string of the molecule is CCC(C)CCCCCCCCCCCCCCCCCCCCC(=O)OC[C@H](COP(=O)(O)OCC(O)COP(=O)(O)OC[C@@H](COC(=O)CCCCCCCCCCC(C)C)OC(=O)CCCCCCCCC(C)CC)OC(=O)CCCCCCCCCCCCCCCCC(C)C. The molecular weight excluding hydrogens is 1310 g/mol. The molecular formula is C81H158O17P2. The highest BCUT2D eigenvalue weighted by Gasteiger charge is 2.30. The molecule has 0 aliphatic carbocycles. The second kappa shape index (κ2) is 70.1. The molecule has 0 aliphatic rings. The van der Waals surface area contributed by atoms with Gasteiger partial charge in [0.05, 0.1) is 26.4 Å². The van der Waals surface area contributed by atoms with Crippen LogP contribution in [0.15, 0.2) is 0 Å². The van der Waals surface area contributed by atoms with Crippen LogP contribution < -0.4 is 0 Å². The normalized spacial score (nSPS) is 14.6. The number of hydrogen-bond acceptors (Lipinski definition) is 15. The van der Waals surface area contributed by atoms with E-state index in [1.165, 1.54) is 218 Å². The van der Waals surface area contributed by atoms with E-state index in [0.29, 0.717) is 25.7 Å². The van der Waals surface area contributed by atoms with Gasteiger partial charge in [-0.2, -0.15) is 0 Å². The van der Waals surface area contributed by atoms with E-state index >= 15 is 0 Å². The van der Waals surface area contributed by atoms with Gasteiger partial charge in [-0.1, -0.05) is 364 Å². The minimum absolute atomic E-state index is 0.102. The van der Waals surface area contributed by atoms with E-state index in [4.69, 9.17) is 37.0 Å². The summed E-state index contributed by atoms with van der Waals surface area (Å²) in [6.45, 7) is 14.2. The Morgan fingerprint density at radius 1 is 0.280 bits per heavy atom. The van der Waals surface area contributed by atoms with Gasteiger partial charge in [0.15, 0.2) is 12.2 Å². The summed E-state index contributed by atoms with van der Waals surface area (Å²) in [5.74, 6) is 0.997. The lowest BCUT2D eigenvalue weighted by atomic mass is 9.99. The van der Waals surface area contributed by atoms with Crippen LogP contribution in [0.25, 0.3) is 0 Å². The number of rotatable bonds is 78. The zero-order valence-corrected chi connectivity index (χ0v) is 67.6. The summed E-state index contributed by atoms with van der Waals surface area (Å²) in [5.41, 5.74) is 0. The highest BCUT2D eigenvalue weighted by Crippen LogP contribution is 2.45. The van der Waals surface area contributed by atoms with Gasteiger partial charge in [-0.25, -0.2) is 9.13 Å². The maximum Gasteiger partial charge on any atom is 0.472 e. The molecule has 0 aromatic heterocycles. The summed E-state index contributed by atoms with van der Waals surface area (Å²) in [6.07, 6.45) is 57.1. The third-order valence-electron chi connectivity index (χ3n) is 19.5. The number of carbonyl (C=O) groups excluding carboxylic acids is 4. The highest BCUT2D eigenvalue weighted by atomic mass is 31.2. The minimum atomic E-state index is -4.96. The maximum absolute atomic E-state index is 13.1. The lowest BCUT2D eigenvalue weighted by Gasteiger charge is -2.21. The third-order valence-corrected chi connectivity index (χ3v) is 21.4. The molecule has 5 unspecified atom stereocenters. The third kappa shape index (κ3) is 71.7. The first-order valence-corrected chi connectivity index (χ1v) is 44.8. The fourth-order valence-corrected chi connectivity index (χ4v) is 13.9. The van der Waals surface area contributed by atoms with E-state index < -0.39 is 97.5 Å². The largest absolute Gasteiger partial charge is 0.472 e. The molecule has 594 valence electrons. The van der Waals surface area contributed by atoms with E-state index in [9.17, 15) is 43.2 Å². The molecule has 0 saturated heterocycles. The second-order valence-corrected chi connectivity index (χ2v) is 33.5. The van der Waals surface area contributed by atoms with Gasteiger partial charge in [-0.15, -0.1) is 0 Å². The van der Waals surface area contributed by atoms with E-state index in [2.05, 4.69) is 55.4 Å². The van der Waals surface area contributed by atoms with Crippen LogP contribution in [0.3, 0.4) is 0 Å². The second-order valence-electron chi connectivity index (χ2n) is 30.6. The lowest BCUT2D eigenvalue weighted by Crippen LogP contribution is -2.30. The molecule has 0 amide bonds. The molecule has 0 saturated carbocycles. The summed E-state index contributed by atoms with van der Waals surface area (Å²) in [4.78, 5) is 72.9. The van der Waals surface area contributed by atoms with Gasteiger partial charge in [-0.05, 0) is 49.4 Å². The number of phosphoric ester groups is 2.